The zero-order valence-corrected chi connectivity index (χ0v) is 16.7. The molecule has 0 saturated carbocycles. The number of nitro groups is 1. The molecule has 9 heteroatoms. The van der Waals surface area contributed by atoms with Crippen molar-refractivity contribution in [2.75, 3.05) is 42.5 Å². The SMILES string of the molecule is O=C([C@H]1Cc2cc([N+](=O)[O-])ccc2N2CCN(c3cnccn3)C[C@@H]12)N1CCCC1. The molecule has 0 radical (unpaired) electrons. The maximum absolute atomic E-state index is 13.4. The van der Waals surface area contributed by atoms with Gasteiger partial charge in [0.1, 0.15) is 5.82 Å². The van der Waals surface area contributed by atoms with Crippen LogP contribution in [0.25, 0.3) is 0 Å². The van der Waals surface area contributed by atoms with E-state index >= 15 is 0 Å². The molecule has 30 heavy (non-hydrogen) atoms. The molecule has 1 aromatic carbocycles. The lowest BCUT2D eigenvalue weighted by molar-refractivity contribution is -0.384. The molecule has 0 N–H and O–H groups in total. The molecule has 2 aromatic rings. The third-order valence-electron chi connectivity index (χ3n) is 6.51. The lowest BCUT2D eigenvalue weighted by atomic mass is 9.83. The van der Waals surface area contributed by atoms with Gasteiger partial charge in [-0.25, -0.2) is 4.98 Å². The number of aromatic nitrogens is 2. The van der Waals surface area contributed by atoms with Crippen LogP contribution in [0.2, 0.25) is 0 Å². The van der Waals surface area contributed by atoms with Crippen LogP contribution >= 0.6 is 0 Å². The minimum absolute atomic E-state index is 0.00260. The Bertz CT molecular complexity index is 962. The van der Waals surface area contributed by atoms with E-state index in [2.05, 4.69) is 19.8 Å². The number of anilines is 2. The van der Waals surface area contributed by atoms with E-state index in [1.165, 1.54) is 0 Å². The van der Waals surface area contributed by atoms with Gasteiger partial charge in [0.15, 0.2) is 0 Å². The van der Waals surface area contributed by atoms with E-state index in [4.69, 9.17) is 0 Å². The number of benzene rings is 1. The second kappa shape index (κ2) is 7.55. The molecule has 9 nitrogen and oxygen atoms in total. The van der Waals surface area contributed by atoms with E-state index in [1.54, 1.807) is 30.7 Å². The molecule has 2 atom stereocenters. The number of fused-ring (bicyclic) bond motifs is 3. The first-order valence-electron chi connectivity index (χ1n) is 10.5. The highest BCUT2D eigenvalue weighted by Gasteiger charge is 2.43. The van der Waals surface area contributed by atoms with Gasteiger partial charge in [0.2, 0.25) is 5.91 Å². The summed E-state index contributed by atoms with van der Waals surface area (Å²) >= 11 is 0. The Morgan fingerprint density at radius 1 is 1.13 bits per heavy atom. The van der Waals surface area contributed by atoms with Crippen molar-refractivity contribution in [1.82, 2.24) is 14.9 Å². The standard InChI is InChI=1S/C21H24N6O3/c28-21(24-7-1-2-8-24)17-12-15-11-16(27(29)30)3-4-18(15)26-10-9-25(14-19(17)26)20-13-22-5-6-23-20/h3-6,11,13,17,19H,1-2,7-10,12,14H2/t17-,19-/m0/s1. The lowest BCUT2D eigenvalue weighted by Gasteiger charge is -2.49. The number of piperazine rings is 1. The predicted octanol–water partition coefficient (Wildman–Crippen LogP) is 1.87. The van der Waals surface area contributed by atoms with Gasteiger partial charge in [-0.2, -0.15) is 0 Å². The quantitative estimate of drug-likeness (QED) is 0.565. The molecule has 1 aromatic heterocycles. The number of non-ortho nitro benzene ring substituents is 1. The Morgan fingerprint density at radius 3 is 2.70 bits per heavy atom. The zero-order chi connectivity index (χ0) is 20.7. The zero-order valence-electron chi connectivity index (χ0n) is 16.7. The van der Waals surface area contributed by atoms with Gasteiger partial charge >= 0.3 is 0 Å². The summed E-state index contributed by atoms with van der Waals surface area (Å²) in [7, 11) is 0. The Hall–Kier alpha value is -3.23. The van der Waals surface area contributed by atoms with E-state index in [0.29, 0.717) is 13.0 Å². The number of nitrogens with zero attached hydrogens (tertiary/aromatic N) is 6. The molecule has 3 aliphatic rings. The van der Waals surface area contributed by atoms with Gasteiger partial charge in [-0.1, -0.05) is 0 Å². The molecule has 2 fully saturated rings. The molecule has 3 aliphatic heterocycles. The van der Waals surface area contributed by atoms with Gasteiger partial charge in [0, 0.05) is 62.9 Å². The third-order valence-corrected chi connectivity index (χ3v) is 6.51. The van der Waals surface area contributed by atoms with Crippen LogP contribution in [-0.2, 0) is 11.2 Å². The largest absolute Gasteiger partial charge is 0.364 e. The second-order valence-corrected chi connectivity index (χ2v) is 8.18. The van der Waals surface area contributed by atoms with E-state index < -0.39 is 0 Å². The summed E-state index contributed by atoms with van der Waals surface area (Å²) < 4.78 is 0. The minimum atomic E-state index is -0.365. The van der Waals surface area contributed by atoms with Crippen molar-refractivity contribution < 1.29 is 9.72 Å². The van der Waals surface area contributed by atoms with Crippen LogP contribution in [0.3, 0.4) is 0 Å². The highest BCUT2D eigenvalue weighted by atomic mass is 16.6. The van der Waals surface area contributed by atoms with Crippen molar-refractivity contribution >= 4 is 23.1 Å². The molecule has 0 bridgehead atoms. The van der Waals surface area contributed by atoms with Crippen molar-refractivity contribution in [1.29, 1.82) is 0 Å². The fraction of sp³-hybridized carbons (Fsp3) is 0.476. The van der Waals surface area contributed by atoms with Gasteiger partial charge < -0.3 is 14.7 Å². The number of hydrogen-bond acceptors (Lipinski definition) is 7. The summed E-state index contributed by atoms with van der Waals surface area (Å²) in [6.07, 6.45) is 7.71. The topological polar surface area (TPSA) is 95.7 Å². The highest BCUT2D eigenvalue weighted by Crippen LogP contribution is 2.39. The van der Waals surface area contributed by atoms with Gasteiger partial charge in [0.25, 0.3) is 5.69 Å². The number of hydrogen-bond donors (Lipinski definition) is 0. The highest BCUT2D eigenvalue weighted by molar-refractivity contribution is 5.83. The Morgan fingerprint density at radius 2 is 1.97 bits per heavy atom. The molecule has 1 amide bonds. The van der Waals surface area contributed by atoms with Gasteiger partial charge in [0.05, 0.1) is 23.1 Å². The molecular formula is C21H24N6O3. The van der Waals surface area contributed by atoms with Crippen molar-refractivity contribution in [3.63, 3.8) is 0 Å². The van der Waals surface area contributed by atoms with Gasteiger partial charge in [-0.15, -0.1) is 0 Å². The average Bonchev–Trinajstić information content (AvgIpc) is 3.33. The van der Waals surface area contributed by atoms with E-state index in [9.17, 15) is 14.9 Å². The van der Waals surface area contributed by atoms with Gasteiger partial charge in [-0.05, 0) is 30.9 Å². The normalized spacial score (nSPS) is 23.1. The third kappa shape index (κ3) is 3.24. The van der Waals surface area contributed by atoms with Crippen LogP contribution in [-0.4, -0.2) is 64.5 Å². The first-order chi connectivity index (χ1) is 14.6. The van der Waals surface area contributed by atoms with Crippen molar-refractivity contribution in [2.24, 2.45) is 5.92 Å². The summed E-state index contributed by atoms with van der Waals surface area (Å²) in [6, 6.07) is 5.05. The molecule has 4 heterocycles. The summed E-state index contributed by atoms with van der Waals surface area (Å²) in [5.74, 6) is 0.761. The first-order valence-corrected chi connectivity index (χ1v) is 10.5. The molecule has 2 saturated heterocycles. The Kier molecular flexibility index (Phi) is 4.72. The number of nitro benzene ring substituents is 1. The monoisotopic (exact) mass is 408 g/mol. The van der Waals surface area contributed by atoms with Crippen LogP contribution in [0.1, 0.15) is 18.4 Å². The van der Waals surface area contributed by atoms with E-state index in [0.717, 1.165) is 56.1 Å². The second-order valence-electron chi connectivity index (χ2n) is 8.18. The minimum Gasteiger partial charge on any atom is -0.364 e. The molecule has 0 aliphatic carbocycles. The maximum atomic E-state index is 13.4. The molecule has 0 unspecified atom stereocenters. The smallest absolute Gasteiger partial charge is 0.269 e. The summed E-state index contributed by atoms with van der Waals surface area (Å²) in [5.41, 5.74) is 1.98. The number of carbonyl (C=O) groups is 1. The van der Waals surface area contributed by atoms with Crippen LogP contribution < -0.4 is 9.80 Å². The number of rotatable bonds is 3. The summed E-state index contributed by atoms with van der Waals surface area (Å²) in [5, 5.41) is 11.3. The first kappa shape index (κ1) is 18.8. The number of amides is 1. The summed E-state index contributed by atoms with van der Waals surface area (Å²) in [4.78, 5) is 39.4. The molecule has 5 rings (SSSR count). The van der Waals surface area contributed by atoms with Crippen LogP contribution in [0.4, 0.5) is 17.2 Å². The van der Waals surface area contributed by atoms with E-state index in [-0.39, 0.29) is 28.5 Å². The van der Waals surface area contributed by atoms with Crippen molar-refractivity contribution in [3.05, 3.63) is 52.5 Å². The fourth-order valence-electron chi connectivity index (χ4n) is 5.04. The number of likely N-dealkylation sites (tertiary alicyclic amines) is 1. The van der Waals surface area contributed by atoms with Gasteiger partial charge in [-0.3, -0.25) is 19.9 Å². The van der Waals surface area contributed by atoms with Crippen LogP contribution in [0.5, 0.6) is 0 Å². The predicted molar refractivity (Wildman–Crippen MR) is 111 cm³/mol. The Labute approximate surface area is 174 Å². The fourth-order valence-corrected chi connectivity index (χ4v) is 5.04. The van der Waals surface area contributed by atoms with E-state index in [1.807, 2.05) is 11.0 Å². The molecular weight excluding hydrogens is 384 g/mol. The summed E-state index contributed by atoms with van der Waals surface area (Å²) in [6.45, 7) is 3.78. The van der Waals surface area contributed by atoms with Crippen molar-refractivity contribution in [3.8, 4) is 0 Å². The maximum Gasteiger partial charge on any atom is 0.269 e. The number of carbonyl (C=O) groups excluding carboxylic acids is 1. The van der Waals surface area contributed by atoms with Crippen LogP contribution in [0, 0.1) is 16.0 Å². The lowest BCUT2D eigenvalue weighted by Crippen LogP contribution is -2.61. The van der Waals surface area contributed by atoms with Crippen LogP contribution in [0.15, 0.2) is 36.8 Å². The van der Waals surface area contributed by atoms with Crippen molar-refractivity contribution in [2.45, 2.75) is 25.3 Å². The Balaban J connectivity index is 1.50. The average molecular weight is 408 g/mol. The molecule has 156 valence electrons. The molecule has 0 spiro atoms.